The van der Waals surface area contributed by atoms with Gasteiger partial charge in [-0.05, 0) is 30.3 Å². The summed E-state index contributed by atoms with van der Waals surface area (Å²) in [5.74, 6) is 0.560. The number of benzene rings is 3. The van der Waals surface area contributed by atoms with E-state index in [-0.39, 0.29) is 0 Å². The molecule has 0 aliphatic carbocycles. The first-order valence-electron chi connectivity index (χ1n) is 9.44. The molecule has 1 saturated heterocycles. The summed E-state index contributed by atoms with van der Waals surface area (Å²) in [7, 11) is 3.14. The van der Waals surface area contributed by atoms with Gasteiger partial charge in [-0.15, -0.1) is 0 Å². The average Bonchev–Trinajstić information content (AvgIpc) is 3.17. The van der Waals surface area contributed by atoms with Gasteiger partial charge in [-0.3, -0.25) is 0 Å². The third-order valence-corrected chi connectivity index (χ3v) is 11.3. The fraction of sp³-hybridized carbons (Fsp3) is 0.217. The van der Waals surface area contributed by atoms with Crippen molar-refractivity contribution >= 4 is 28.9 Å². The van der Waals surface area contributed by atoms with Crippen LogP contribution in [0, 0.1) is 0 Å². The van der Waals surface area contributed by atoms with Crippen LogP contribution < -0.4 is 20.8 Å². The van der Waals surface area contributed by atoms with E-state index in [9.17, 15) is 0 Å². The molecule has 0 saturated carbocycles. The van der Waals surface area contributed by atoms with Crippen molar-refractivity contribution in [2.75, 3.05) is 27.2 Å². The van der Waals surface area contributed by atoms with Crippen LogP contribution in [-0.4, -0.2) is 37.6 Å². The molecule has 2 aliphatic heterocycles. The summed E-state index contributed by atoms with van der Waals surface area (Å²) in [6.45, 7) is 2.45. The van der Waals surface area contributed by atoms with Gasteiger partial charge in [-0.1, -0.05) is 48.5 Å². The minimum atomic E-state index is -1.73. The molecule has 3 aromatic rings. The molecule has 2 nitrogen and oxygen atoms in total. The molecule has 0 bridgehead atoms. The number of likely N-dealkylation sites (N-methyl/N-ethyl adjacent to an activating group) is 1. The van der Waals surface area contributed by atoms with Crippen LogP contribution in [0.15, 0.2) is 84.9 Å². The summed E-state index contributed by atoms with van der Waals surface area (Å²) >= 11 is 0. The van der Waals surface area contributed by atoms with Crippen LogP contribution in [-0.2, 0) is 0 Å². The predicted octanol–water partition coefficient (Wildman–Crippen LogP) is 1.88. The Labute approximate surface area is 156 Å². The summed E-state index contributed by atoms with van der Waals surface area (Å²) in [4.78, 5) is 1.69. The second-order valence-corrected chi connectivity index (χ2v) is 11.5. The monoisotopic (exact) mass is 361 g/mol. The van der Waals surface area contributed by atoms with Gasteiger partial charge >= 0.3 is 5.91 Å². The highest BCUT2D eigenvalue weighted by Gasteiger charge is 2.74. The highest BCUT2D eigenvalue weighted by Crippen LogP contribution is 2.64. The lowest BCUT2D eigenvalue weighted by molar-refractivity contribution is -1.01. The minimum Gasteiger partial charge on any atom is -0.241 e. The lowest BCUT2D eigenvalue weighted by Gasteiger charge is -2.33. The van der Waals surface area contributed by atoms with Crippen LogP contribution >= 0.6 is 7.26 Å². The van der Waals surface area contributed by atoms with Crippen molar-refractivity contribution in [2.24, 2.45) is 0 Å². The van der Waals surface area contributed by atoms with Crippen molar-refractivity contribution in [2.45, 2.75) is 5.91 Å². The maximum atomic E-state index is 2.43. The predicted molar refractivity (Wildman–Crippen MR) is 111 cm³/mol. The Hall–Kier alpha value is -1.99. The molecule has 1 unspecified atom stereocenters. The van der Waals surface area contributed by atoms with Crippen LogP contribution in [0.4, 0.5) is 5.69 Å². The number of quaternary nitrogens is 2. The normalized spacial score (nSPS) is 24.8. The summed E-state index contributed by atoms with van der Waals surface area (Å²) in [6.07, 6.45) is 0. The molecule has 0 amide bonds. The van der Waals surface area contributed by atoms with Gasteiger partial charge in [0, 0.05) is 6.07 Å². The van der Waals surface area contributed by atoms with Crippen LogP contribution in [0.5, 0.6) is 0 Å². The summed E-state index contributed by atoms with van der Waals surface area (Å²) in [5.41, 5.74) is 1.53. The fourth-order valence-electron chi connectivity index (χ4n) is 5.28. The van der Waals surface area contributed by atoms with E-state index in [4.69, 9.17) is 0 Å². The van der Waals surface area contributed by atoms with Gasteiger partial charge in [-0.25, -0.2) is 9.38 Å². The Morgan fingerprint density at radius 3 is 1.92 bits per heavy atom. The number of nitrogens with one attached hydrogen (secondary N) is 1. The number of hydrogen-bond acceptors (Lipinski definition) is 0. The van der Waals surface area contributed by atoms with Gasteiger partial charge in [0.2, 0.25) is 7.26 Å². The second-order valence-electron chi connectivity index (χ2n) is 8.06. The molecule has 1 fully saturated rings. The number of para-hydroxylation sites is 1. The number of nitrogens with zero attached hydrogens (tertiary/aromatic N) is 1. The van der Waals surface area contributed by atoms with E-state index in [2.05, 4.69) is 99.0 Å². The zero-order valence-electron chi connectivity index (χ0n) is 15.5. The van der Waals surface area contributed by atoms with Gasteiger partial charge in [0.25, 0.3) is 0 Å². The summed E-state index contributed by atoms with van der Waals surface area (Å²) in [5, 5.41) is 4.63. The van der Waals surface area contributed by atoms with Gasteiger partial charge in [0.1, 0.15) is 23.7 Å². The Bertz CT molecular complexity index is 897. The van der Waals surface area contributed by atoms with E-state index < -0.39 is 7.26 Å². The first kappa shape index (κ1) is 16.2. The molecule has 1 N–H and O–H groups in total. The Morgan fingerprint density at radius 1 is 0.769 bits per heavy atom. The zero-order chi connectivity index (χ0) is 17.8. The van der Waals surface area contributed by atoms with Crippen LogP contribution in [0.2, 0.25) is 0 Å². The van der Waals surface area contributed by atoms with Crippen LogP contribution in [0.25, 0.3) is 0 Å². The van der Waals surface area contributed by atoms with E-state index in [0.717, 1.165) is 4.48 Å². The minimum absolute atomic E-state index is 0.560. The lowest BCUT2D eigenvalue weighted by Crippen LogP contribution is -3.09. The lowest BCUT2D eigenvalue weighted by atomic mass is 10.3. The first-order chi connectivity index (χ1) is 12.7. The Balaban J connectivity index is 1.91. The molecule has 2 aliphatic rings. The van der Waals surface area contributed by atoms with E-state index >= 15 is 0 Å². The summed E-state index contributed by atoms with van der Waals surface area (Å²) < 4.78 is 1.08. The highest BCUT2D eigenvalue weighted by atomic mass is 31.2. The van der Waals surface area contributed by atoms with Gasteiger partial charge in [-0.2, -0.15) is 0 Å². The van der Waals surface area contributed by atoms with E-state index in [0.29, 0.717) is 5.91 Å². The second kappa shape index (κ2) is 5.76. The van der Waals surface area contributed by atoms with Crippen molar-refractivity contribution in [1.82, 2.24) is 0 Å². The van der Waals surface area contributed by atoms with Gasteiger partial charge in [0.05, 0.1) is 14.1 Å². The van der Waals surface area contributed by atoms with Gasteiger partial charge in [0.15, 0.2) is 11.0 Å². The molecule has 2 heterocycles. The fourth-order valence-corrected chi connectivity index (χ4v) is 11.0. The standard InChI is InChI=1S/C23H25N2P/c1-25(2)18-17-24-21-15-9-10-16-22(21)26(23(24)25,19-11-5-3-6-12-19)20-13-7-4-8-14-20/h3-16,23H,17-18H2,1-2H3/q+2/p+1/t23-/m1/s1. The number of hydrogen-bond donors (Lipinski definition) is 1. The van der Waals surface area contributed by atoms with Crippen molar-refractivity contribution < 1.29 is 9.38 Å². The quantitative estimate of drug-likeness (QED) is 0.525. The molecule has 130 valence electrons. The van der Waals surface area contributed by atoms with Crippen molar-refractivity contribution in [3.05, 3.63) is 84.9 Å². The molecule has 26 heavy (non-hydrogen) atoms. The number of rotatable bonds is 2. The zero-order valence-corrected chi connectivity index (χ0v) is 16.4. The van der Waals surface area contributed by atoms with E-state index in [1.807, 2.05) is 0 Å². The highest BCUT2D eigenvalue weighted by molar-refractivity contribution is 7.96. The Kier molecular flexibility index (Phi) is 3.59. The third-order valence-electron chi connectivity index (χ3n) is 6.25. The van der Waals surface area contributed by atoms with E-state index in [1.165, 1.54) is 29.4 Å². The van der Waals surface area contributed by atoms with E-state index in [1.54, 1.807) is 10.2 Å². The largest absolute Gasteiger partial charge is 0.326 e. The topological polar surface area (TPSA) is 4.44 Å². The Morgan fingerprint density at radius 2 is 1.31 bits per heavy atom. The maximum Gasteiger partial charge on any atom is 0.326 e. The molecule has 0 spiro atoms. The SMILES string of the molecule is C[N+]1(C)CC[NH+]2c3ccccc3[P+](c3ccccc3)(c3ccccc3)[C@H]21. The smallest absolute Gasteiger partial charge is 0.241 e. The molecule has 0 radical (unpaired) electrons. The molecule has 3 aromatic carbocycles. The molecular formula is C23H26N2P+3. The maximum absolute atomic E-state index is 2.43. The van der Waals surface area contributed by atoms with Crippen LogP contribution in [0.3, 0.4) is 0 Å². The molecule has 3 heteroatoms. The van der Waals surface area contributed by atoms with Crippen molar-refractivity contribution in [1.29, 1.82) is 0 Å². The summed E-state index contributed by atoms with van der Waals surface area (Å²) in [6, 6.07) is 31.9. The average molecular weight is 361 g/mol. The molecule has 0 aromatic heterocycles. The first-order valence-corrected chi connectivity index (χ1v) is 11.3. The molecule has 2 atom stereocenters. The molecule has 5 rings (SSSR count). The van der Waals surface area contributed by atoms with Crippen molar-refractivity contribution in [3.8, 4) is 0 Å². The van der Waals surface area contributed by atoms with Gasteiger partial charge < -0.3 is 0 Å². The third kappa shape index (κ3) is 2.04. The molecular weight excluding hydrogens is 335 g/mol. The van der Waals surface area contributed by atoms with Crippen LogP contribution in [0.1, 0.15) is 0 Å². The number of fused-ring (bicyclic) bond motifs is 3. The van der Waals surface area contributed by atoms with Crippen molar-refractivity contribution in [3.63, 3.8) is 0 Å².